The summed E-state index contributed by atoms with van der Waals surface area (Å²) in [5.41, 5.74) is 0.959. The van der Waals surface area contributed by atoms with Crippen LogP contribution >= 0.6 is 0 Å². The minimum absolute atomic E-state index is 0.0241. The molecular weight excluding hydrogens is 228 g/mol. The molecule has 18 heavy (non-hydrogen) atoms. The van der Waals surface area contributed by atoms with E-state index in [1.54, 1.807) is 0 Å². The molecule has 1 aliphatic heterocycles. The van der Waals surface area contributed by atoms with Crippen molar-refractivity contribution in [2.24, 2.45) is 0 Å². The van der Waals surface area contributed by atoms with Crippen molar-refractivity contribution in [1.82, 2.24) is 15.3 Å². The van der Waals surface area contributed by atoms with Gasteiger partial charge in [-0.3, -0.25) is 4.98 Å². The van der Waals surface area contributed by atoms with E-state index < -0.39 is 0 Å². The molecule has 5 heteroatoms. The van der Waals surface area contributed by atoms with Crippen molar-refractivity contribution in [3.63, 3.8) is 0 Å². The molecule has 0 aromatic carbocycles. The molecule has 0 aliphatic carbocycles. The molecule has 0 unspecified atom stereocenters. The van der Waals surface area contributed by atoms with Gasteiger partial charge in [0.25, 0.3) is 0 Å². The van der Waals surface area contributed by atoms with E-state index in [-0.39, 0.29) is 5.54 Å². The third kappa shape index (κ3) is 2.97. The Morgan fingerprint density at radius 3 is 3.00 bits per heavy atom. The normalized spacial score (nSPS) is 18.9. The first-order valence-electron chi connectivity index (χ1n) is 6.50. The molecule has 1 saturated heterocycles. The summed E-state index contributed by atoms with van der Waals surface area (Å²) in [7, 11) is 0. The molecule has 5 nitrogen and oxygen atoms in total. The van der Waals surface area contributed by atoms with Gasteiger partial charge in [-0.15, -0.1) is 0 Å². The second-order valence-electron chi connectivity index (χ2n) is 5.17. The molecule has 1 fully saturated rings. The summed E-state index contributed by atoms with van der Waals surface area (Å²) in [4.78, 5) is 11.2. The fourth-order valence-electron chi connectivity index (χ4n) is 2.15. The number of nitrogens with one attached hydrogen (secondary N) is 1. The molecule has 100 valence electrons. The van der Waals surface area contributed by atoms with Gasteiger partial charge in [0.15, 0.2) is 0 Å². The number of nitrogens with zero attached hydrogens (tertiary/aromatic N) is 3. The van der Waals surface area contributed by atoms with Crippen LogP contribution in [-0.4, -0.2) is 41.8 Å². The summed E-state index contributed by atoms with van der Waals surface area (Å²) in [6, 6.07) is 0. The maximum atomic E-state index is 5.53. The lowest BCUT2D eigenvalue weighted by Gasteiger charge is -2.42. The lowest BCUT2D eigenvalue weighted by Crippen LogP contribution is -2.53. The average Bonchev–Trinajstić information content (AvgIpc) is 2.36. The molecule has 1 aromatic heterocycles. The monoisotopic (exact) mass is 250 g/mol. The first-order valence-corrected chi connectivity index (χ1v) is 6.50. The van der Waals surface area contributed by atoms with E-state index >= 15 is 0 Å². The molecule has 0 radical (unpaired) electrons. The molecule has 0 amide bonds. The minimum Gasteiger partial charge on any atom is -0.377 e. The summed E-state index contributed by atoms with van der Waals surface area (Å²) in [5.74, 6) is 0.943. The van der Waals surface area contributed by atoms with Crippen molar-refractivity contribution >= 4 is 5.82 Å². The van der Waals surface area contributed by atoms with Crippen LogP contribution in [0.3, 0.4) is 0 Å². The van der Waals surface area contributed by atoms with Crippen molar-refractivity contribution in [2.45, 2.75) is 32.9 Å². The highest BCUT2D eigenvalue weighted by molar-refractivity contribution is 5.40. The molecule has 0 saturated carbocycles. The maximum Gasteiger partial charge on any atom is 0.148 e. The maximum absolute atomic E-state index is 5.53. The van der Waals surface area contributed by atoms with E-state index in [4.69, 9.17) is 4.74 Å². The van der Waals surface area contributed by atoms with Gasteiger partial charge in [-0.25, -0.2) is 4.98 Å². The van der Waals surface area contributed by atoms with Gasteiger partial charge in [-0.2, -0.15) is 0 Å². The molecule has 0 bridgehead atoms. The van der Waals surface area contributed by atoms with Crippen LogP contribution in [0, 0.1) is 0 Å². The molecular formula is C13H22N4O. The average molecular weight is 250 g/mol. The van der Waals surface area contributed by atoms with E-state index in [9.17, 15) is 0 Å². The number of hydrogen-bond acceptors (Lipinski definition) is 5. The molecule has 2 heterocycles. The Hall–Kier alpha value is -1.20. The largest absolute Gasteiger partial charge is 0.377 e. The van der Waals surface area contributed by atoms with Gasteiger partial charge in [0.1, 0.15) is 5.82 Å². The van der Waals surface area contributed by atoms with E-state index in [0.29, 0.717) is 0 Å². The van der Waals surface area contributed by atoms with Crippen molar-refractivity contribution in [3.05, 3.63) is 18.1 Å². The van der Waals surface area contributed by atoms with Gasteiger partial charge in [0, 0.05) is 19.3 Å². The molecule has 2 rings (SSSR count). The zero-order chi connectivity index (χ0) is 13.0. The Kier molecular flexibility index (Phi) is 4.14. The van der Waals surface area contributed by atoms with Crippen molar-refractivity contribution < 1.29 is 4.74 Å². The minimum atomic E-state index is -0.0241. The fourth-order valence-corrected chi connectivity index (χ4v) is 2.15. The van der Waals surface area contributed by atoms with Gasteiger partial charge in [-0.1, -0.05) is 6.92 Å². The highest BCUT2D eigenvalue weighted by Crippen LogP contribution is 2.24. The van der Waals surface area contributed by atoms with Crippen LogP contribution < -0.4 is 10.2 Å². The van der Waals surface area contributed by atoms with Crippen LogP contribution in [-0.2, 0) is 11.3 Å². The molecule has 1 aromatic rings. The number of morpholine rings is 1. The number of rotatable bonds is 4. The molecule has 0 spiro atoms. The van der Waals surface area contributed by atoms with Crippen molar-refractivity contribution in [1.29, 1.82) is 0 Å². The van der Waals surface area contributed by atoms with Gasteiger partial charge in [-0.05, 0) is 20.4 Å². The fraction of sp³-hybridized carbons (Fsp3) is 0.692. The van der Waals surface area contributed by atoms with Gasteiger partial charge in [0.2, 0.25) is 0 Å². The molecule has 1 aliphatic rings. The second kappa shape index (κ2) is 5.63. The van der Waals surface area contributed by atoms with Gasteiger partial charge < -0.3 is 15.0 Å². The predicted molar refractivity (Wildman–Crippen MR) is 71.7 cm³/mol. The lowest BCUT2D eigenvalue weighted by molar-refractivity contribution is 0.0638. The molecule has 0 atom stereocenters. The first-order chi connectivity index (χ1) is 8.63. The highest BCUT2D eigenvalue weighted by Gasteiger charge is 2.31. The zero-order valence-electron chi connectivity index (χ0n) is 11.4. The summed E-state index contributed by atoms with van der Waals surface area (Å²) in [6.07, 6.45) is 3.65. The van der Waals surface area contributed by atoms with Crippen LogP contribution in [0.4, 0.5) is 5.82 Å². The van der Waals surface area contributed by atoms with Crippen molar-refractivity contribution in [3.8, 4) is 0 Å². The van der Waals surface area contributed by atoms with E-state index in [0.717, 1.165) is 44.4 Å². The quantitative estimate of drug-likeness (QED) is 0.870. The number of aromatic nitrogens is 2. The lowest BCUT2D eigenvalue weighted by atomic mass is 10.0. The van der Waals surface area contributed by atoms with E-state index in [1.165, 1.54) is 0 Å². The number of hydrogen-bond donors (Lipinski definition) is 1. The van der Waals surface area contributed by atoms with Crippen molar-refractivity contribution in [2.75, 3.05) is 31.2 Å². The van der Waals surface area contributed by atoms with E-state index in [2.05, 4.69) is 41.0 Å². The summed E-state index contributed by atoms with van der Waals surface area (Å²) < 4.78 is 5.53. The third-order valence-corrected chi connectivity index (χ3v) is 3.15. The SMILES string of the molecule is CCNCc1cncc(N2CCOCC2(C)C)n1. The highest BCUT2D eigenvalue weighted by atomic mass is 16.5. The summed E-state index contributed by atoms with van der Waals surface area (Å²) in [5, 5.41) is 3.27. The van der Waals surface area contributed by atoms with E-state index in [1.807, 2.05) is 12.4 Å². The van der Waals surface area contributed by atoms with Crippen LogP contribution in [0.25, 0.3) is 0 Å². The number of anilines is 1. The van der Waals surface area contributed by atoms with Gasteiger partial charge in [0.05, 0.1) is 30.6 Å². The van der Waals surface area contributed by atoms with Crippen LogP contribution in [0.1, 0.15) is 26.5 Å². The Labute approximate surface area is 109 Å². The predicted octanol–water partition coefficient (Wildman–Crippen LogP) is 1.20. The summed E-state index contributed by atoms with van der Waals surface area (Å²) >= 11 is 0. The zero-order valence-corrected chi connectivity index (χ0v) is 11.4. The smallest absolute Gasteiger partial charge is 0.148 e. The number of ether oxygens (including phenoxy) is 1. The second-order valence-corrected chi connectivity index (χ2v) is 5.17. The molecule has 1 N–H and O–H groups in total. The van der Waals surface area contributed by atoms with Crippen LogP contribution in [0.5, 0.6) is 0 Å². The summed E-state index contributed by atoms with van der Waals surface area (Å²) in [6.45, 7) is 10.5. The Morgan fingerprint density at radius 2 is 2.28 bits per heavy atom. The Bertz CT molecular complexity index is 394. The standard InChI is InChI=1S/C13H22N4O/c1-4-14-7-11-8-15-9-12(16-11)17-5-6-18-10-13(17,2)3/h8-9,14H,4-7,10H2,1-3H3. The first kappa shape index (κ1) is 13.2. The van der Waals surface area contributed by atoms with Crippen LogP contribution in [0.15, 0.2) is 12.4 Å². The Balaban J connectivity index is 2.16. The topological polar surface area (TPSA) is 50.3 Å². The Morgan fingerprint density at radius 1 is 1.44 bits per heavy atom. The van der Waals surface area contributed by atoms with Gasteiger partial charge >= 0.3 is 0 Å². The third-order valence-electron chi connectivity index (χ3n) is 3.15. The van der Waals surface area contributed by atoms with Crippen LogP contribution in [0.2, 0.25) is 0 Å².